The largest absolute Gasteiger partial charge is 0.278 e. The van der Waals surface area contributed by atoms with Gasteiger partial charge in [0.05, 0.1) is 16.3 Å². The molecule has 0 saturated heterocycles. The van der Waals surface area contributed by atoms with Crippen LogP contribution in [0.3, 0.4) is 0 Å². The molecule has 2 rings (SSSR count). The first-order chi connectivity index (χ1) is 9.97. The smallest absolute Gasteiger partial charge is 0.271 e. The van der Waals surface area contributed by atoms with Crippen LogP contribution in [0.2, 0.25) is 0 Å². The maximum absolute atomic E-state index is 10.7. The Kier molecular flexibility index (Phi) is 4.33. The number of nitrogens with zero attached hydrogens (tertiary/aromatic N) is 2. The lowest BCUT2D eigenvalue weighted by Crippen LogP contribution is -2.01. The summed E-state index contributed by atoms with van der Waals surface area (Å²) in [5, 5.41) is 15.0. The molecule has 5 nitrogen and oxygen atoms in total. The van der Waals surface area contributed by atoms with Gasteiger partial charge in [-0.1, -0.05) is 18.2 Å². The number of hydrazone groups is 1. The monoisotopic (exact) mass is 283 g/mol. The van der Waals surface area contributed by atoms with Gasteiger partial charge < -0.3 is 0 Å². The normalized spacial score (nSPS) is 11.3. The summed E-state index contributed by atoms with van der Waals surface area (Å²) in [6, 6.07) is 12.4. The summed E-state index contributed by atoms with van der Waals surface area (Å²) >= 11 is 0. The molecule has 0 aliphatic rings. The van der Waals surface area contributed by atoms with Crippen molar-refractivity contribution in [3.63, 3.8) is 0 Å². The molecule has 108 valence electrons. The van der Waals surface area contributed by atoms with Crippen molar-refractivity contribution in [3.05, 3.63) is 69.3 Å². The quantitative estimate of drug-likeness (QED) is 0.523. The summed E-state index contributed by atoms with van der Waals surface area (Å²) in [7, 11) is 0. The van der Waals surface area contributed by atoms with Gasteiger partial charge in [0, 0.05) is 12.1 Å². The van der Waals surface area contributed by atoms with Gasteiger partial charge in [-0.25, -0.2) is 0 Å². The number of nitro benzene ring substituents is 1. The van der Waals surface area contributed by atoms with Gasteiger partial charge in [0.25, 0.3) is 5.69 Å². The molecule has 5 heteroatoms. The van der Waals surface area contributed by atoms with Crippen LogP contribution in [0.4, 0.5) is 11.4 Å². The number of benzene rings is 2. The molecule has 0 atom stereocenters. The van der Waals surface area contributed by atoms with Crippen molar-refractivity contribution in [3.8, 4) is 0 Å². The Hall–Kier alpha value is -2.69. The Morgan fingerprint density at radius 2 is 1.90 bits per heavy atom. The second-order valence-corrected chi connectivity index (χ2v) is 4.92. The van der Waals surface area contributed by atoms with Gasteiger partial charge in [-0.3, -0.25) is 15.5 Å². The molecule has 0 amide bonds. The van der Waals surface area contributed by atoms with Gasteiger partial charge in [0.1, 0.15) is 0 Å². The maximum Gasteiger partial charge on any atom is 0.271 e. The van der Waals surface area contributed by atoms with E-state index in [1.807, 2.05) is 13.0 Å². The third-order valence-electron chi connectivity index (χ3n) is 3.33. The number of aryl methyl sites for hydroxylation is 2. The highest BCUT2D eigenvalue weighted by Gasteiger charge is 2.05. The molecule has 2 aromatic carbocycles. The van der Waals surface area contributed by atoms with Gasteiger partial charge in [0.15, 0.2) is 0 Å². The molecule has 0 saturated carbocycles. The second-order valence-electron chi connectivity index (χ2n) is 4.92. The number of hydrogen-bond acceptors (Lipinski definition) is 4. The summed E-state index contributed by atoms with van der Waals surface area (Å²) in [5.41, 5.74) is 7.77. The standard InChI is InChI=1S/C16H17N3O2/c1-11-7-8-14(9-12(11)2)13(3)17-18-15-5-4-6-16(10-15)19(20)21/h4-10,18H,1-3H3/b17-13-. The Morgan fingerprint density at radius 1 is 1.14 bits per heavy atom. The minimum absolute atomic E-state index is 0.0408. The van der Waals surface area contributed by atoms with Crippen molar-refractivity contribution in [2.75, 3.05) is 5.43 Å². The zero-order valence-corrected chi connectivity index (χ0v) is 12.3. The van der Waals surface area contributed by atoms with Crippen LogP contribution in [0, 0.1) is 24.0 Å². The van der Waals surface area contributed by atoms with Gasteiger partial charge in [-0.05, 0) is 49.6 Å². The summed E-state index contributed by atoms with van der Waals surface area (Å²) in [6.45, 7) is 6.02. The Morgan fingerprint density at radius 3 is 2.57 bits per heavy atom. The van der Waals surface area contributed by atoms with Crippen LogP contribution in [0.1, 0.15) is 23.6 Å². The van der Waals surface area contributed by atoms with Crippen LogP contribution in [0.15, 0.2) is 47.6 Å². The lowest BCUT2D eigenvalue weighted by Gasteiger charge is -2.06. The highest BCUT2D eigenvalue weighted by molar-refractivity contribution is 5.99. The van der Waals surface area contributed by atoms with E-state index in [0.29, 0.717) is 5.69 Å². The van der Waals surface area contributed by atoms with E-state index in [2.05, 4.69) is 36.5 Å². The van der Waals surface area contributed by atoms with Gasteiger partial charge in [0.2, 0.25) is 0 Å². The number of nitrogens with one attached hydrogen (secondary N) is 1. The van der Waals surface area contributed by atoms with E-state index in [1.54, 1.807) is 12.1 Å². The third kappa shape index (κ3) is 3.66. The lowest BCUT2D eigenvalue weighted by molar-refractivity contribution is -0.384. The Bertz CT molecular complexity index is 708. The summed E-state index contributed by atoms with van der Waals surface area (Å²) in [6.07, 6.45) is 0. The highest BCUT2D eigenvalue weighted by atomic mass is 16.6. The fourth-order valence-electron chi connectivity index (χ4n) is 1.87. The van der Waals surface area contributed by atoms with Crippen molar-refractivity contribution in [2.24, 2.45) is 5.10 Å². The number of rotatable bonds is 4. The van der Waals surface area contributed by atoms with Crippen molar-refractivity contribution in [1.82, 2.24) is 0 Å². The molecule has 0 radical (unpaired) electrons. The van der Waals surface area contributed by atoms with Gasteiger partial charge >= 0.3 is 0 Å². The molecule has 0 bridgehead atoms. The molecule has 0 spiro atoms. The molecule has 0 heterocycles. The number of hydrogen-bond donors (Lipinski definition) is 1. The molecular formula is C16H17N3O2. The van der Waals surface area contributed by atoms with Crippen molar-refractivity contribution in [2.45, 2.75) is 20.8 Å². The zero-order valence-electron chi connectivity index (χ0n) is 12.3. The molecule has 0 aliphatic heterocycles. The fourth-order valence-corrected chi connectivity index (χ4v) is 1.87. The van der Waals surface area contributed by atoms with Crippen LogP contribution in [-0.2, 0) is 0 Å². The zero-order chi connectivity index (χ0) is 15.4. The van der Waals surface area contributed by atoms with Gasteiger partial charge in [-0.2, -0.15) is 5.10 Å². The second kappa shape index (κ2) is 6.17. The van der Waals surface area contributed by atoms with E-state index in [0.717, 1.165) is 11.3 Å². The first-order valence-corrected chi connectivity index (χ1v) is 6.60. The predicted octanol–water partition coefficient (Wildman–Crippen LogP) is 4.05. The summed E-state index contributed by atoms with van der Waals surface area (Å²) in [5.74, 6) is 0. The van der Waals surface area contributed by atoms with Crippen molar-refractivity contribution < 1.29 is 4.92 Å². The van der Waals surface area contributed by atoms with Crippen LogP contribution in [0.5, 0.6) is 0 Å². The molecule has 0 fully saturated rings. The van der Waals surface area contributed by atoms with E-state index >= 15 is 0 Å². The number of anilines is 1. The first kappa shape index (κ1) is 14.7. The first-order valence-electron chi connectivity index (χ1n) is 6.60. The molecule has 0 unspecified atom stereocenters. The predicted molar refractivity (Wildman–Crippen MR) is 84.8 cm³/mol. The molecule has 2 aromatic rings. The molecule has 21 heavy (non-hydrogen) atoms. The van der Waals surface area contributed by atoms with E-state index in [-0.39, 0.29) is 5.69 Å². The summed E-state index contributed by atoms with van der Waals surface area (Å²) < 4.78 is 0. The number of non-ortho nitro benzene ring substituents is 1. The van der Waals surface area contributed by atoms with E-state index in [4.69, 9.17) is 0 Å². The SMILES string of the molecule is C/C(=N/Nc1cccc([N+](=O)[O-])c1)c1ccc(C)c(C)c1. The van der Waals surface area contributed by atoms with Crippen LogP contribution < -0.4 is 5.43 Å². The Labute approximate surface area is 123 Å². The van der Waals surface area contributed by atoms with Crippen LogP contribution >= 0.6 is 0 Å². The van der Waals surface area contributed by atoms with Gasteiger partial charge in [-0.15, -0.1) is 0 Å². The molecule has 0 aliphatic carbocycles. The minimum Gasteiger partial charge on any atom is -0.278 e. The third-order valence-corrected chi connectivity index (χ3v) is 3.33. The molecule has 1 N–H and O–H groups in total. The number of nitro groups is 1. The average molecular weight is 283 g/mol. The highest BCUT2D eigenvalue weighted by Crippen LogP contribution is 2.17. The van der Waals surface area contributed by atoms with Crippen molar-refractivity contribution in [1.29, 1.82) is 0 Å². The molecule has 0 aromatic heterocycles. The van der Waals surface area contributed by atoms with Crippen molar-refractivity contribution >= 4 is 17.1 Å². The minimum atomic E-state index is -0.426. The average Bonchev–Trinajstić information content (AvgIpc) is 2.48. The topological polar surface area (TPSA) is 67.5 Å². The van der Waals surface area contributed by atoms with E-state index in [9.17, 15) is 10.1 Å². The van der Waals surface area contributed by atoms with Crippen LogP contribution in [-0.4, -0.2) is 10.6 Å². The van der Waals surface area contributed by atoms with Crippen LogP contribution in [0.25, 0.3) is 0 Å². The van der Waals surface area contributed by atoms with E-state index in [1.165, 1.54) is 23.3 Å². The van der Waals surface area contributed by atoms with E-state index < -0.39 is 4.92 Å². The molecular weight excluding hydrogens is 266 g/mol. The maximum atomic E-state index is 10.7. The fraction of sp³-hybridized carbons (Fsp3) is 0.188. The Balaban J connectivity index is 2.18. The summed E-state index contributed by atoms with van der Waals surface area (Å²) in [4.78, 5) is 10.3. The lowest BCUT2D eigenvalue weighted by atomic mass is 10.0.